The summed E-state index contributed by atoms with van der Waals surface area (Å²) < 4.78 is 6.05. The molecule has 0 fully saturated rings. The lowest BCUT2D eigenvalue weighted by Crippen LogP contribution is -2.29. The van der Waals surface area contributed by atoms with Crippen LogP contribution in [-0.2, 0) is 0 Å². The van der Waals surface area contributed by atoms with Crippen LogP contribution in [0.1, 0.15) is 0 Å². The molecule has 1 aliphatic heterocycles. The number of fused-ring (bicyclic) bond motifs is 1. The van der Waals surface area contributed by atoms with Crippen LogP contribution in [0.2, 0.25) is 0 Å². The van der Waals surface area contributed by atoms with Gasteiger partial charge in [-0.3, -0.25) is 0 Å². The molecule has 0 bridgehead atoms. The molecule has 198 valence electrons. The first-order valence-electron chi connectivity index (χ1n) is 14.0. The average Bonchev–Trinajstić information content (AvgIpc) is 3.05. The largest absolute Gasteiger partial charge is 0.490 e. The fourth-order valence-corrected chi connectivity index (χ4v) is 5.81. The van der Waals surface area contributed by atoms with Gasteiger partial charge in [0.05, 0.1) is 23.6 Å². The second-order valence-electron chi connectivity index (χ2n) is 10.3. The molecule has 1 heterocycles. The Morgan fingerprint density at radius 3 is 1.78 bits per heavy atom. The Kier molecular flexibility index (Phi) is 6.46. The molecule has 2 N–H and O–H groups in total. The number of nitrogen functional groups attached to an aromatic ring is 1. The van der Waals surface area contributed by atoms with Crippen molar-refractivity contribution >= 4 is 17.1 Å². The van der Waals surface area contributed by atoms with E-state index in [2.05, 4.69) is 132 Å². The van der Waals surface area contributed by atoms with Crippen molar-refractivity contribution in [2.75, 3.05) is 23.8 Å². The summed E-state index contributed by atoms with van der Waals surface area (Å²) in [5.41, 5.74) is 18.7. The Hall–Kier alpha value is -5.28. The minimum absolute atomic E-state index is 0.620. The van der Waals surface area contributed by atoms with Crippen molar-refractivity contribution in [1.29, 1.82) is 0 Å². The van der Waals surface area contributed by atoms with Crippen molar-refractivity contribution < 1.29 is 4.74 Å². The summed E-state index contributed by atoms with van der Waals surface area (Å²) in [7, 11) is 0. The molecule has 0 atom stereocenters. The first-order chi connectivity index (χ1) is 20.3. The standard InChI is InChI=1S/C38H30N2O/c39-34-19-7-8-20-35(34)40-23-24-41-37-22-21-30(26-36(37)40)29-15-9-16-31(25-29)38-32(27-11-3-1-4-12-27)17-10-18-33(38)28-13-5-2-6-14-28/h1-22,25-26H,23-24,39H2. The molecule has 0 radical (unpaired) electrons. The maximum absolute atomic E-state index is 6.38. The zero-order valence-corrected chi connectivity index (χ0v) is 22.7. The molecular weight excluding hydrogens is 500 g/mol. The number of nitrogens with zero attached hydrogens (tertiary/aromatic N) is 1. The number of hydrogen-bond donors (Lipinski definition) is 1. The zero-order chi connectivity index (χ0) is 27.6. The third kappa shape index (κ3) is 4.72. The summed E-state index contributed by atoms with van der Waals surface area (Å²) >= 11 is 0. The number of nitrogens with two attached hydrogens (primary N) is 1. The molecule has 1 aliphatic rings. The van der Waals surface area contributed by atoms with Crippen molar-refractivity contribution in [2.24, 2.45) is 0 Å². The molecule has 0 aliphatic carbocycles. The first-order valence-corrected chi connectivity index (χ1v) is 14.0. The van der Waals surface area contributed by atoms with Crippen LogP contribution in [0.3, 0.4) is 0 Å². The molecule has 0 saturated heterocycles. The van der Waals surface area contributed by atoms with Gasteiger partial charge in [-0.1, -0.05) is 115 Å². The molecule has 3 nitrogen and oxygen atoms in total. The van der Waals surface area contributed by atoms with Crippen molar-refractivity contribution in [2.45, 2.75) is 0 Å². The highest BCUT2D eigenvalue weighted by molar-refractivity contribution is 5.95. The summed E-state index contributed by atoms with van der Waals surface area (Å²) in [6, 6.07) is 51.2. The quantitative estimate of drug-likeness (QED) is 0.226. The monoisotopic (exact) mass is 530 g/mol. The Morgan fingerprint density at radius 1 is 0.488 bits per heavy atom. The smallest absolute Gasteiger partial charge is 0.143 e. The predicted octanol–water partition coefficient (Wildman–Crippen LogP) is 9.47. The Morgan fingerprint density at radius 2 is 1.07 bits per heavy atom. The second kappa shape index (κ2) is 10.7. The lowest BCUT2D eigenvalue weighted by molar-refractivity contribution is 0.314. The van der Waals surface area contributed by atoms with Gasteiger partial charge in [0.1, 0.15) is 12.4 Å². The summed E-state index contributed by atoms with van der Waals surface area (Å²) in [6.45, 7) is 1.37. The van der Waals surface area contributed by atoms with E-state index < -0.39 is 0 Å². The highest BCUT2D eigenvalue weighted by Crippen LogP contribution is 2.43. The molecule has 41 heavy (non-hydrogen) atoms. The van der Waals surface area contributed by atoms with Gasteiger partial charge in [-0.2, -0.15) is 0 Å². The van der Waals surface area contributed by atoms with E-state index in [1.54, 1.807) is 0 Å². The van der Waals surface area contributed by atoms with Gasteiger partial charge < -0.3 is 15.4 Å². The van der Waals surface area contributed by atoms with Gasteiger partial charge in [-0.15, -0.1) is 0 Å². The number of rotatable bonds is 5. The van der Waals surface area contributed by atoms with E-state index in [0.29, 0.717) is 6.61 Å². The number of para-hydroxylation sites is 2. The van der Waals surface area contributed by atoms with Crippen LogP contribution < -0.4 is 15.4 Å². The van der Waals surface area contributed by atoms with Crippen molar-refractivity contribution in [1.82, 2.24) is 0 Å². The van der Waals surface area contributed by atoms with Crippen molar-refractivity contribution in [3.8, 4) is 50.3 Å². The van der Waals surface area contributed by atoms with E-state index in [4.69, 9.17) is 10.5 Å². The normalized spacial score (nSPS) is 12.4. The van der Waals surface area contributed by atoms with Crippen LogP contribution >= 0.6 is 0 Å². The molecule has 7 rings (SSSR count). The van der Waals surface area contributed by atoms with Crippen molar-refractivity contribution in [3.63, 3.8) is 0 Å². The Labute approximate surface area is 241 Å². The first kappa shape index (κ1) is 24.7. The van der Waals surface area contributed by atoms with Gasteiger partial charge in [-0.05, 0) is 74.8 Å². The van der Waals surface area contributed by atoms with Crippen molar-refractivity contribution in [3.05, 3.63) is 146 Å². The zero-order valence-electron chi connectivity index (χ0n) is 22.7. The maximum atomic E-state index is 6.38. The predicted molar refractivity (Wildman–Crippen MR) is 172 cm³/mol. The van der Waals surface area contributed by atoms with E-state index in [-0.39, 0.29) is 0 Å². The van der Waals surface area contributed by atoms with Gasteiger partial charge in [0.25, 0.3) is 0 Å². The number of anilines is 3. The highest BCUT2D eigenvalue weighted by Gasteiger charge is 2.22. The molecule has 6 aromatic carbocycles. The molecule has 0 spiro atoms. The number of ether oxygens (including phenoxy) is 1. The van der Waals surface area contributed by atoms with Crippen LogP contribution in [0.25, 0.3) is 44.5 Å². The van der Waals surface area contributed by atoms with Crippen LogP contribution in [0, 0.1) is 0 Å². The van der Waals surface area contributed by atoms with E-state index in [9.17, 15) is 0 Å². The topological polar surface area (TPSA) is 38.5 Å². The van der Waals surface area contributed by atoms with Gasteiger partial charge >= 0.3 is 0 Å². The van der Waals surface area contributed by atoms with E-state index in [0.717, 1.165) is 40.5 Å². The minimum atomic E-state index is 0.620. The molecule has 0 unspecified atom stereocenters. The fourth-order valence-electron chi connectivity index (χ4n) is 5.81. The van der Waals surface area contributed by atoms with Crippen LogP contribution in [-0.4, -0.2) is 13.2 Å². The van der Waals surface area contributed by atoms with Crippen LogP contribution in [0.15, 0.2) is 146 Å². The second-order valence-corrected chi connectivity index (χ2v) is 10.3. The van der Waals surface area contributed by atoms with Gasteiger partial charge in [-0.25, -0.2) is 0 Å². The SMILES string of the molecule is Nc1ccccc1N1CCOc2ccc(-c3cccc(-c4c(-c5ccccc5)cccc4-c4ccccc4)c3)cc21. The lowest BCUT2D eigenvalue weighted by atomic mass is 9.86. The van der Waals surface area contributed by atoms with E-state index >= 15 is 0 Å². The van der Waals surface area contributed by atoms with E-state index in [1.165, 1.54) is 33.4 Å². The third-order valence-electron chi connectivity index (χ3n) is 7.77. The molecule has 6 aromatic rings. The van der Waals surface area contributed by atoms with Crippen LogP contribution in [0.5, 0.6) is 5.75 Å². The van der Waals surface area contributed by atoms with Gasteiger partial charge in [0.2, 0.25) is 0 Å². The van der Waals surface area contributed by atoms with E-state index in [1.807, 2.05) is 18.2 Å². The highest BCUT2D eigenvalue weighted by atomic mass is 16.5. The molecular formula is C38H30N2O. The van der Waals surface area contributed by atoms with Gasteiger partial charge in [0, 0.05) is 0 Å². The molecule has 3 heteroatoms. The average molecular weight is 531 g/mol. The number of hydrogen-bond acceptors (Lipinski definition) is 3. The summed E-state index contributed by atoms with van der Waals surface area (Å²) in [4.78, 5) is 2.26. The third-order valence-corrected chi connectivity index (χ3v) is 7.77. The maximum Gasteiger partial charge on any atom is 0.143 e. The van der Waals surface area contributed by atoms with Gasteiger partial charge in [0.15, 0.2) is 0 Å². The summed E-state index contributed by atoms with van der Waals surface area (Å²) in [6.07, 6.45) is 0. The molecule has 0 aromatic heterocycles. The minimum Gasteiger partial charge on any atom is -0.490 e. The van der Waals surface area contributed by atoms with Crippen LogP contribution in [0.4, 0.5) is 17.1 Å². The Balaban J connectivity index is 1.37. The summed E-state index contributed by atoms with van der Waals surface area (Å²) in [5, 5.41) is 0. The molecule has 0 amide bonds. The summed E-state index contributed by atoms with van der Waals surface area (Å²) in [5.74, 6) is 0.875. The number of benzene rings is 6. The fraction of sp³-hybridized carbons (Fsp3) is 0.0526. The molecule has 0 saturated carbocycles. The lowest BCUT2D eigenvalue weighted by Gasteiger charge is -2.32. The Bertz CT molecular complexity index is 1770.